The highest BCUT2D eigenvalue weighted by Crippen LogP contribution is 2.13. The molecule has 3 heteroatoms. The summed E-state index contributed by atoms with van der Waals surface area (Å²) in [7, 11) is 0. The van der Waals surface area contributed by atoms with Crippen LogP contribution in [0.2, 0.25) is 0 Å². The smallest absolute Gasteiger partial charge is 0.233 e. The third-order valence-corrected chi connectivity index (χ3v) is 2.62. The van der Waals surface area contributed by atoms with Crippen LogP contribution in [0.15, 0.2) is 48.5 Å². The van der Waals surface area contributed by atoms with Gasteiger partial charge in [-0.1, -0.05) is 23.8 Å². The minimum Gasteiger partial charge on any atom is -0.508 e. The van der Waals surface area contributed by atoms with E-state index in [1.807, 2.05) is 13.0 Å². The van der Waals surface area contributed by atoms with Crippen molar-refractivity contribution in [2.45, 2.75) is 6.92 Å². The zero-order valence-electron chi connectivity index (χ0n) is 9.88. The lowest BCUT2D eigenvalue weighted by Crippen LogP contribution is -2.14. The van der Waals surface area contributed by atoms with Gasteiger partial charge in [0, 0.05) is 11.1 Å². The Morgan fingerprint density at radius 2 is 1.50 bits per heavy atom. The van der Waals surface area contributed by atoms with Crippen molar-refractivity contribution in [2.75, 3.05) is 0 Å². The average Bonchev–Trinajstić information content (AvgIpc) is 2.38. The van der Waals surface area contributed by atoms with Crippen LogP contribution in [0.25, 0.3) is 0 Å². The van der Waals surface area contributed by atoms with Gasteiger partial charge in [-0.25, -0.2) is 0 Å². The molecule has 90 valence electrons. The Kier molecular flexibility index (Phi) is 3.24. The fraction of sp³-hybridized carbons (Fsp3) is 0.0667. The number of phenols is 1. The molecule has 0 saturated carbocycles. The Morgan fingerprint density at radius 3 is 2.11 bits per heavy atom. The van der Waals surface area contributed by atoms with Gasteiger partial charge in [0.2, 0.25) is 11.6 Å². The maximum Gasteiger partial charge on any atom is 0.233 e. The summed E-state index contributed by atoms with van der Waals surface area (Å²) in [5.41, 5.74) is 1.59. The molecule has 0 aliphatic rings. The van der Waals surface area contributed by atoms with Gasteiger partial charge < -0.3 is 5.11 Å². The normalized spacial score (nSPS) is 10.1. The summed E-state index contributed by atoms with van der Waals surface area (Å²) in [6, 6.07) is 12.5. The standard InChI is InChI=1S/C15H12O3/c1-10-3-2-4-12(9-10)15(18)14(17)11-5-7-13(16)8-6-11/h2-9,16H,1H3. The summed E-state index contributed by atoms with van der Waals surface area (Å²) in [5, 5.41) is 9.13. The molecule has 0 aromatic heterocycles. The van der Waals surface area contributed by atoms with Gasteiger partial charge in [0.15, 0.2) is 0 Å². The largest absolute Gasteiger partial charge is 0.508 e. The number of Topliss-reactive ketones (excluding diaryl/α,β-unsaturated/α-hetero) is 2. The molecule has 0 atom stereocenters. The second kappa shape index (κ2) is 4.84. The van der Waals surface area contributed by atoms with Crippen molar-refractivity contribution in [3.05, 3.63) is 65.2 Å². The highest BCUT2D eigenvalue weighted by molar-refractivity contribution is 6.49. The van der Waals surface area contributed by atoms with Gasteiger partial charge in [-0.3, -0.25) is 9.59 Å². The monoisotopic (exact) mass is 240 g/mol. The molecule has 18 heavy (non-hydrogen) atoms. The molecule has 3 nitrogen and oxygen atoms in total. The summed E-state index contributed by atoms with van der Waals surface area (Å²) in [6.07, 6.45) is 0. The molecule has 1 N–H and O–H groups in total. The first-order valence-corrected chi connectivity index (χ1v) is 5.52. The summed E-state index contributed by atoms with van der Waals surface area (Å²) in [4.78, 5) is 23.9. The van der Waals surface area contributed by atoms with Crippen LogP contribution in [0.5, 0.6) is 5.75 Å². The van der Waals surface area contributed by atoms with E-state index < -0.39 is 11.6 Å². The number of carbonyl (C=O) groups excluding carboxylic acids is 2. The molecule has 0 aliphatic carbocycles. The van der Waals surface area contributed by atoms with Gasteiger partial charge in [-0.15, -0.1) is 0 Å². The molecule has 0 radical (unpaired) electrons. The number of hydrogen-bond donors (Lipinski definition) is 1. The fourth-order valence-corrected chi connectivity index (χ4v) is 1.66. The molecular formula is C15H12O3. The molecule has 2 aromatic carbocycles. The van der Waals surface area contributed by atoms with E-state index >= 15 is 0 Å². The summed E-state index contributed by atoms with van der Waals surface area (Å²) in [5.74, 6) is -1.04. The second-order valence-electron chi connectivity index (χ2n) is 4.07. The molecule has 0 unspecified atom stereocenters. The van der Waals surface area contributed by atoms with E-state index in [0.29, 0.717) is 5.56 Å². The molecule has 0 fully saturated rings. The second-order valence-corrected chi connectivity index (χ2v) is 4.07. The lowest BCUT2D eigenvalue weighted by molar-refractivity contribution is 0.0817. The molecule has 0 bridgehead atoms. The van der Waals surface area contributed by atoms with Crippen LogP contribution >= 0.6 is 0 Å². The van der Waals surface area contributed by atoms with Crippen molar-refractivity contribution in [1.82, 2.24) is 0 Å². The van der Waals surface area contributed by atoms with E-state index in [9.17, 15) is 9.59 Å². The number of phenolic OH excluding ortho intramolecular Hbond substituents is 1. The average molecular weight is 240 g/mol. The lowest BCUT2D eigenvalue weighted by Gasteiger charge is -2.02. The maximum atomic E-state index is 12.0. The quantitative estimate of drug-likeness (QED) is 0.663. The molecule has 0 aliphatic heterocycles. The molecule has 0 saturated heterocycles. The topological polar surface area (TPSA) is 54.4 Å². The van der Waals surface area contributed by atoms with Crippen molar-refractivity contribution in [2.24, 2.45) is 0 Å². The predicted octanol–water partition coefficient (Wildman–Crippen LogP) is 2.77. The van der Waals surface area contributed by atoms with Crippen LogP contribution in [0.3, 0.4) is 0 Å². The SMILES string of the molecule is Cc1cccc(C(=O)C(=O)c2ccc(O)cc2)c1. The minimum absolute atomic E-state index is 0.0644. The third kappa shape index (κ3) is 2.46. The van der Waals surface area contributed by atoms with Crippen molar-refractivity contribution in [3.8, 4) is 5.75 Å². The molecule has 0 amide bonds. The van der Waals surface area contributed by atoms with E-state index in [1.54, 1.807) is 18.2 Å². The first-order chi connectivity index (χ1) is 8.58. The van der Waals surface area contributed by atoms with Crippen LogP contribution < -0.4 is 0 Å². The Hall–Kier alpha value is -2.42. The Bertz CT molecular complexity index is 597. The van der Waals surface area contributed by atoms with Crippen molar-refractivity contribution in [3.63, 3.8) is 0 Å². The minimum atomic E-state index is -0.569. The Balaban J connectivity index is 2.29. The van der Waals surface area contributed by atoms with E-state index in [0.717, 1.165) is 5.56 Å². The van der Waals surface area contributed by atoms with E-state index in [4.69, 9.17) is 5.11 Å². The third-order valence-electron chi connectivity index (χ3n) is 2.62. The number of aromatic hydroxyl groups is 1. The molecule has 0 heterocycles. The van der Waals surface area contributed by atoms with Gasteiger partial charge in [-0.05, 0) is 37.3 Å². The summed E-state index contributed by atoms with van der Waals surface area (Å²) >= 11 is 0. The molecule has 2 rings (SSSR count). The van der Waals surface area contributed by atoms with Crippen LogP contribution in [0, 0.1) is 6.92 Å². The number of benzene rings is 2. The van der Waals surface area contributed by atoms with Gasteiger partial charge in [-0.2, -0.15) is 0 Å². The van der Waals surface area contributed by atoms with E-state index in [2.05, 4.69) is 0 Å². The number of rotatable bonds is 3. The zero-order valence-corrected chi connectivity index (χ0v) is 9.88. The number of hydrogen-bond acceptors (Lipinski definition) is 3. The van der Waals surface area contributed by atoms with E-state index in [1.165, 1.54) is 24.3 Å². The zero-order chi connectivity index (χ0) is 13.1. The van der Waals surface area contributed by atoms with Crippen LogP contribution in [-0.4, -0.2) is 16.7 Å². The van der Waals surface area contributed by atoms with Crippen molar-refractivity contribution >= 4 is 11.6 Å². The summed E-state index contributed by atoms with van der Waals surface area (Å²) < 4.78 is 0. The number of carbonyl (C=O) groups is 2. The highest BCUT2D eigenvalue weighted by atomic mass is 16.3. The molecular weight excluding hydrogens is 228 g/mol. The molecule has 2 aromatic rings. The van der Waals surface area contributed by atoms with Crippen LogP contribution in [0.4, 0.5) is 0 Å². The van der Waals surface area contributed by atoms with Crippen LogP contribution in [-0.2, 0) is 0 Å². The predicted molar refractivity (Wildman–Crippen MR) is 67.9 cm³/mol. The van der Waals surface area contributed by atoms with Crippen molar-refractivity contribution in [1.29, 1.82) is 0 Å². The van der Waals surface area contributed by atoms with Gasteiger partial charge in [0.1, 0.15) is 5.75 Å². The first kappa shape index (κ1) is 12.0. The Labute approximate surface area is 105 Å². The fourth-order valence-electron chi connectivity index (χ4n) is 1.66. The molecule has 0 spiro atoms. The maximum absolute atomic E-state index is 12.0. The van der Waals surface area contributed by atoms with E-state index in [-0.39, 0.29) is 11.3 Å². The van der Waals surface area contributed by atoms with Gasteiger partial charge in [0.05, 0.1) is 0 Å². The lowest BCUT2D eigenvalue weighted by atomic mass is 10.0. The highest BCUT2D eigenvalue weighted by Gasteiger charge is 2.18. The number of ketones is 2. The van der Waals surface area contributed by atoms with Crippen LogP contribution in [0.1, 0.15) is 26.3 Å². The van der Waals surface area contributed by atoms with Crippen molar-refractivity contribution < 1.29 is 14.7 Å². The van der Waals surface area contributed by atoms with Gasteiger partial charge >= 0.3 is 0 Å². The van der Waals surface area contributed by atoms with Gasteiger partial charge in [0.25, 0.3) is 0 Å². The number of aryl methyl sites for hydroxylation is 1. The Morgan fingerprint density at radius 1 is 0.889 bits per heavy atom. The summed E-state index contributed by atoms with van der Waals surface area (Å²) in [6.45, 7) is 1.86. The first-order valence-electron chi connectivity index (χ1n) is 5.52.